The molecule has 0 aliphatic rings. The van der Waals surface area contributed by atoms with Crippen LogP contribution in [0.1, 0.15) is 24.5 Å². The molecule has 0 radical (unpaired) electrons. The van der Waals surface area contributed by atoms with E-state index in [1.54, 1.807) is 37.3 Å². The third kappa shape index (κ3) is 4.60. The van der Waals surface area contributed by atoms with Crippen molar-refractivity contribution in [2.75, 3.05) is 6.54 Å². The molecule has 1 unspecified atom stereocenters. The number of benzene rings is 2. The van der Waals surface area contributed by atoms with Crippen LogP contribution < -0.4 is 5.32 Å². The summed E-state index contributed by atoms with van der Waals surface area (Å²) in [7, 11) is 0. The highest BCUT2D eigenvalue weighted by Gasteiger charge is 2.26. The van der Waals surface area contributed by atoms with Gasteiger partial charge in [0.15, 0.2) is 0 Å². The van der Waals surface area contributed by atoms with Gasteiger partial charge in [0.25, 0.3) is 0 Å². The molecule has 1 amide bonds. The van der Waals surface area contributed by atoms with Crippen molar-refractivity contribution in [2.24, 2.45) is 0 Å². The first-order valence-electron chi connectivity index (χ1n) is 7.30. The van der Waals surface area contributed by atoms with Gasteiger partial charge in [0, 0.05) is 6.54 Å². The molecule has 0 aliphatic carbocycles. The molecule has 22 heavy (non-hydrogen) atoms. The zero-order valence-electron chi connectivity index (χ0n) is 12.6. The van der Waals surface area contributed by atoms with Gasteiger partial charge in [-0.2, -0.15) is 0 Å². The number of amides is 1. The van der Waals surface area contributed by atoms with Crippen LogP contribution in [0.25, 0.3) is 0 Å². The highest BCUT2D eigenvalue weighted by atomic mass is 16.3. The average Bonchev–Trinajstić information content (AvgIpc) is 2.48. The van der Waals surface area contributed by atoms with Gasteiger partial charge in [0.2, 0.25) is 5.91 Å². The number of carbonyl (C=O) groups is 1. The standard InChI is InChI=1S/C18H21NO3/c1-18(22,15-7-3-2-4-8-15)13-17(21)19-11-10-14-6-5-9-16(20)12-14/h2-9,12,20,22H,10-11,13H2,1H3,(H,19,21). The summed E-state index contributed by atoms with van der Waals surface area (Å²) in [5, 5.41) is 22.6. The lowest BCUT2D eigenvalue weighted by atomic mass is 9.92. The number of nitrogens with one attached hydrogen (secondary N) is 1. The van der Waals surface area contributed by atoms with Crippen LogP contribution >= 0.6 is 0 Å². The van der Waals surface area contributed by atoms with E-state index in [0.717, 1.165) is 11.1 Å². The number of hydrogen-bond donors (Lipinski definition) is 3. The maximum atomic E-state index is 12.0. The van der Waals surface area contributed by atoms with Crippen LogP contribution in [0.5, 0.6) is 5.75 Å². The van der Waals surface area contributed by atoms with Crippen LogP contribution in [0.15, 0.2) is 54.6 Å². The average molecular weight is 299 g/mol. The number of phenols is 1. The summed E-state index contributed by atoms with van der Waals surface area (Å²) in [5.74, 6) is 0.0184. The van der Waals surface area contributed by atoms with Gasteiger partial charge in [-0.3, -0.25) is 4.79 Å². The molecule has 0 bridgehead atoms. The van der Waals surface area contributed by atoms with E-state index < -0.39 is 5.60 Å². The van der Waals surface area contributed by atoms with Crippen molar-refractivity contribution >= 4 is 5.91 Å². The van der Waals surface area contributed by atoms with E-state index in [2.05, 4.69) is 5.32 Å². The summed E-state index contributed by atoms with van der Waals surface area (Å²) in [5.41, 5.74) is 0.490. The molecule has 0 aromatic heterocycles. The summed E-state index contributed by atoms with van der Waals surface area (Å²) >= 11 is 0. The second-order valence-corrected chi connectivity index (χ2v) is 5.59. The number of aliphatic hydroxyl groups is 1. The Morgan fingerprint density at radius 1 is 1.14 bits per heavy atom. The summed E-state index contributed by atoms with van der Waals surface area (Å²) in [6, 6.07) is 16.1. The quantitative estimate of drug-likeness (QED) is 0.767. The molecule has 3 N–H and O–H groups in total. The SMILES string of the molecule is CC(O)(CC(=O)NCCc1cccc(O)c1)c1ccccc1. The zero-order valence-corrected chi connectivity index (χ0v) is 12.6. The number of carbonyl (C=O) groups excluding carboxylic acids is 1. The summed E-state index contributed by atoms with van der Waals surface area (Å²) < 4.78 is 0. The second kappa shape index (κ2) is 7.09. The molecule has 0 saturated heterocycles. The van der Waals surface area contributed by atoms with Gasteiger partial charge in [-0.1, -0.05) is 42.5 Å². The Hall–Kier alpha value is -2.33. The number of aromatic hydroxyl groups is 1. The predicted molar refractivity (Wildman–Crippen MR) is 85.5 cm³/mol. The maximum absolute atomic E-state index is 12.0. The molecule has 2 aromatic rings. The Bertz CT molecular complexity index is 623. The van der Waals surface area contributed by atoms with Gasteiger partial charge in [-0.05, 0) is 36.6 Å². The molecule has 0 heterocycles. The molecule has 2 rings (SSSR count). The van der Waals surface area contributed by atoms with E-state index >= 15 is 0 Å². The Morgan fingerprint density at radius 2 is 1.86 bits per heavy atom. The Labute approximate surface area is 130 Å². The van der Waals surface area contributed by atoms with Crippen LogP contribution in [-0.2, 0) is 16.8 Å². The van der Waals surface area contributed by atoms with E-state index in [4.69, 9.17) is 0 Å². The van der Waals surface area contributed by atoms with Crippen molar-refractivity contribution in [2.45, 2.75) is 25.4 Å². The summed E-state index contributed by atoms with van der Waals surface area (Å²) in [6.45, 7) is 2.10. The largest absolute Gasteiger partial charge is 0.508 e. The van der Waals surface area contributed by atoms with Gasteiger partial charge < -0.3 is 15.5 Å². The second-order valence-electron chi connectivity index (χ2n) is 5.59. The van der Waals surface area contributed by atoms with Gasteiger partial charge in [0.1, 0.15) is 5.75 Å². The Morgan fingerprint density at radius 3 is 2.55 bits per heavy atom. The number of hydrogen-bond acceptors (Lipinski definition) is 3. The van der Waals surface area contributed by atoms with Gasteiger partial charge in [-0.25, -0.2) is 0 Å². The Kier molecular flexibility index (Phi) is 5.17. The summed E-state index contributed by atoms with van der Waals surface area (Å²) in [6.07, 6.45) is 0.644. The lowest BCUT2D eigenvalue weighted by Gasteiger charge is -2.23. The van der Waals surface area contributed by atoms with Crippen molar-refractivity contribution in [1.82, 2.24) is 5.32 Å². The molecule has 4 heteroatoms. The smallest absolute Gasteiger partial charge is 0.223 e. The number of phenolic OH excluding ortho intramolecular Hbond substituents is 1. The molecular weight excluding hydrogens is 278 g/mol. The normalized spacial score (nSPS) is 13.4. The van der Waals surface area contributed by atoms with Crippen LogP contribution in [0.3, 0.4) is 0 Å². The first kappa shape index (κ1) is 16.0. The molecule has 2 aromatic carbocycles. The third-order valence-electron chi connectivity index (χ3n) is 3.55. The molecule has 0 spiro atoms. The number of rotatable bonds is 6. The first-order valence-corrected chi connectivity index (χ1v) is 7.30. The van der Waals surface area contributed by atoms with Crippen molar-refractivity contribution in [3.63, 3.8) is 0 Å². The van der Waals surface area contributed by atoms with Crippen LogP contribution in [0.2, 0.25) is 0 Å². The lowest BCUT2D eigenvalue weighted by Crippen LogP contribution is -2.33. The van der Waals surface area contributed by atoms with Crippen molar-refractivity contribution < 1.29 is 15.0 Å². The predicted octanol–water partition coefficient (Wildman–Crippen LogP) is 2.35. The minimum Gasteiger partial charge on any atom is -0.508 e. The lowest BCUT2D eigenvalue weighted by molar-refractivity contribution is -0.125. The molecule has 0 saturated carbocycles. The molecular formula is C18H21NO3. The highest BCUT2D eigenvalue weighted by Crippen LogP contribution is 2.23. The fraction of sp³-hybridized carbons (Fsp3) is 0.278. The minimum atomic E-state index is -1.18. The van der Waals surface area contributed by atoms with E-state index in [9.17, 15) is 15.0 Å². The first-order chi connectivity index (χ1) is 10.5. The Balaban J connectivity index is 1.83. The zero-order chi connectivity index (χ0) is 16.0. The molecule has 0 fully saturated rings. The minimum absolute atomic E-state index is 0.0110. The van der Waals surface area contributed by atoms with E-state index in [0.29, 0.717) is 13.0 Å². The monoisotopic (exact) mass is 299 g/mol. The van der Waals surface area contributed by atoms with Crippen molar-refractivity contribution in [3.05, 3.63) is 65.7 Å². The molecule has 0 aliphatic heterocycles. The topological polar surface area (TPSA) is 69.6 Å². The van der Waals surface area contributed by atoms with Crippen LogP contribution in [0, 0.1) is 0 Å². The van der Waals surface area contributed by atoms with Crippen LogP contribution in [0.4, 0.5) is 0 Å². The van der Waals surface area contributed by atoms with Crippen LogP contribution in [-0.4, -0.2) is 22.7 Å². The van der Waals surface area contributed by atoms with Crippen molar-refractivity contribution in [3.8, 4) is 5.75 Å². The fourth-order valence-electron chi connectivity index (χ4n) is 2.33. The van der Waals surface area contributed by atoms with E-state index in [-0.39, 0.29) is 18.1 Å². The van der Waals surface area contributed by atoms with E-state index in [1.807, 2.05) is 24.3 Å². The van der Waals surface area contributed by atoms with Gasteiger partial charge in [-0.15, -0.1) is 0 Å². The van der Waals surface area contributed by atoms with Gasteiger partial charge in [0.05, 0.1) is 12.0 Å². The molecule has 4 nitrogen and oxygen atoms in total. The van der Waals surface area contributed by atoms with Gasteiger partial charge >= 0.3 is 0 Å². The van der Waals surface area contributed by atoms with E-state index in [1.165, 1.54) is 0 Å². The third-order valence-corrected chi connectivity index (χ3v) is 3.55. The molecule has 116 valence electrons. The van der Waals surface area contributed by atoms with Crippen molar-refractivity contribution in [1.29, 1.82) is 0 Å². The molecule has 1 atom stereocenters. The fourth-order valence-corrected chi connectivity index (χ4v) is 2.33. The maximum Gasteiger partial charge on any atom is 0.223 e. The highest BCUT2D eigenvalue weighted by molar-refractivity contribution is 5.77. The summed E-state index contributed by atoms with van der Waals surface area (Å²) in [4.78, 5) is 12.0.